The van der Waals surface area contributed by atoms with Gasteiger partial charge in [0.2, 0.25) is 0 Å². The molecule has 0 saturated heterocycles. The number of nitro groups is 1. The van der Waals surface area contributed by atoms with E-state index in [0.717, 1.165) is 11.1 Å². The molecular formula is C15H15FN2O2. The Balaban J connectivity index is 1.97. The van der Waals surface area contributed by atoms with E-state index in [1.54, 1.807) is 25.1 Å². The highest BCUT2D eigenvalue weighted by Gasteiger charge is 2.10. The molecular weight excluding hydrogens is 259 g/mol. The summed E-state index contributed by atoms with van der Waals surface area (Å²) in [6, 6.07) is 11.5. The predicted molar refractivity (Wildman–Crippen MR) is 74.8 cm³/mol. The summed E-state index contributed by atoms with van der Waals surface area (Å²) < 4.78 is 13.0. The smallest absolute Gasteiger partial charge is 0.272 e. The average Bonchev–Trinajstić information content (AvgIpc) is 2.40. The molecule has 2 rings (SSSR count). The van der Waals surface area contributed by atoms with Crippen LogP contribution in [-0.2, 0) is 13.1 Å². The van der Waals surface area contributed by atoms with Crippen molar-refractivity contribution < 1.29 is 9.31 Å². The lowest BCUT2D eigenvalue weighted by Gasteiger charge is -2.06. The fraction of sp³-hybridized carbons (Fsp3) is 0.200. The number of nitro benzene ring substituents is 1. The van der Waals surface area contributed by atoms with Gasteiger partial charge in [-0.25, -0.2) is 4.39 Å². The van der Waals surface area contributed by atoms with E-state index in [4.69, 9.17) is 0 Å². The lowest BCUT2D eigenvalue weighted by molar-refractivity contribution is -0.385. The molecule has 0 bridgehead atoms. The first-order chi connectivity index (χ1) is 9.56. The van der Waals surface area contributed by atoms with Crippen LogP contribution in [-0.4, -0.2) is 4.92 Å². The maximum absolute atomic E-state index is 13.0. The quantitative estimate of drug-likeness (QED) is 0.672. The molecule has 0 aromatic heterocycles. The van der Waals surface area contributed by atoms with Gasteiger partial charge in [-0.05, 0) is 30.2 Å². The summed E-state index contributed by atoms with van der Waals surface area (Å²) in [5.41, 5.74) is 2.43. The molecule has 5 heteroatoms. The van der Waals surface area contributed by atoms with E-state index in [-0.39, 0.29) is 16.4 Å². The third kappa shape index (κ3) is 3.61. The van der Waals surface area contributed by atoms with Crippen LogP contribution >= 0.6 is 0 Å². The first-order valence-electron chi connectivity index (χ1n) is 6.25. The molecule has 0 amide bonds. The molecule has 4 nitrogen and oxygen atoms in total. The Morgan fingerprint density at radius 3 is 2.50 bits per heavy atom. The lowest BCUT2D eigenvalue weighted by Crippen LogP contribution is -2.13. The molecule has 0 aliphatic rings. The lowest BCUT2D eigenvalue weighted by atomic mass is 10.1. The van der Waals surface area contributed by atoms with E-state index in [2.05, 4.69) is 5.32 Å². The zero-order valence-electron chi connectivity index (χ0n) is 11.1. The molecule has 104 valence electrons. The molecule has 0 fully saturated rings. The number of aryl methyl sites for hydroxylation is 1. The largest absolute Gasteiger partial charge is 0.309 e. The minimum atomic E-state index is -0.384. The van der Waals surface area contributed by atoms with Gasteiger partial charge in [-0.1, -0.05) is 24.3 Å². The van der Waals surface area contributed by atoms with Gasteiger partial charge in [0.15, 0.2) is 0 Å². The molecule has 20 heavy (non-hydrogen) atoms. The molecule has 2 aromatic carbocycles. The maximum atomic E-state index is 13.0. The minimum absolute atomic E-state index is 0.120. The second-order valence-electron chi connectivity index (χ2n) is 4.61. The second-order valence-corrected chi connectivity index (χ2v) is 4.61. The van der Waals surface area contributed by atoms with E-state index >= 15 is 0 Å². The average molecular weight is 274 g/mol. The minimum Gasteiger partial charge on any atom is -0.309 e. The van der Waals surface area contributed by atoms with Crippen LogP contribution in [0.25, 0.3) is 0 Å². The highest BCUT2D eigenvalue weighted by Crippen LogP contribution is 2.19. The summed E-state index contributed by atoms with van der Waals surface area (Å²) >= 11 is 0. The Kier molecular flexibility index (Phi) is 4.42. The van der Waals surface area contributed by atoms with Crippen molar-refractivity contribution in [3.8, 4) is 0 Å². The summed E-state index contributed by atoms with van der Waals surface area (Å²) in [6.45, 7) is 2.72. The van der Waals surface area contributed by atoms with Crippen molar-refractivity contribution >= 4 is 5.69 Å². The van der Waals surface area contributed by atoms with Gasteiger partial charge in [-0.15, -0.1) is 0 Å². The molecule has 0 aliphatic heterocycles. The van der Waals surface area contributed by atoms with Crippen LogP contribution < -0.4 is 5.32 Å². The monoisotopic (exact) mass is 274 g/mol. The van der Waals surface area contributed by atoms with E-state index in [0.29, 0.717) is 18.7 Å². The van der Waals surface area contributed by atoms with Crippen molar-refractivity contribution in [1.82, 2.24) is 5.32 Å². The van der Waals surface area contributed by atoms with Gasteiger partial charge in [0.05, 0.1) is 4.92 Å². The Morgan fingerprint density at radius 1 is 1.15 bits per heavy atom. The fourth-order valence-electron chi connectivity index (χ4n) is 1.96. The summed E-state index contributed by atoms with van der Waals surface area (Å²) in [7, 11) is 0. The molecule has 0 radical (unpaired) electrons. The van der Waals surface area contributed by atoms with Gasteiger partial charge in [-0.3, -0.25) is 10.1 Å². The van der Waals surface area contributed by atoms with Crippen molar-refractivity contribution in [3.05, 3.63) is 75.1 Å². The topological polar surface area (TPSA) is 55.2 Å². The number of halogens is 1. The third-order valence-electron chi connectivity index (χ3n) is 3.02. The normalized spacial score (nSPS) is 10.5. The number of nitrogens with zero attached hydrogens (tertiary/aromatic N) is 1. The summed E-state index contributed by atoms with van der Waals surface area (Å²) in [5.74, 6) is -0.268. The molecule has 2 aromatic rings. The molecule has 0 saturated carbocycles. The van der Waals surface area contributed by atoms with E-state index in [1.165, 1.54) is 12.1 Å². The van der Waals surface area contributed by atoms with Crippen LogP contribution in [0.1, 0.15) is 16.7 Å². The maximum Gasteiger partial charge on any atom is 0.272 e. The van der Waals surface area contributed by atoms with Crippen molar-refractivity contribution in [2.75, 3.05) is 0 Å². The summed E-state index contributed by atoms with van der Waals surface area (Å²) in [6.07, 6.45) is 0. The van der Waals surface area contributed by atoms with Crippen molar-refractivity contribution in [2.45, 2.75) is 20.0 Å². The van der Waals surface area contributed by atoms with Gasteiger partial charge in [0.1, 0.15) is 5.82 Å². The van der Waals surface area contributed by atoms with Crippen LogP contribution in [0, 0.1) is 22.9 Å². The van der Waals surface area contributed by atoms with Crippen molar-refractivity contribution in [2.24, 2.45) is 0 Å². The summed E-state index contributed by atoms with van der Waals surface area (Å²) in [5, 5.41) is 14.0. The Morgan fingerprint density at radius 2 is 1.85 bits per heavy atom. The van der Waals surface area contributed by atoms with Crippen LogP contribution in [0.5, 0.6) is 0 Å². The van der Waals surface area contributed by atoms with Gasteiger partial charge in [-0.2, -0.15) is 0 Å². The van der Waals surface area contributed by atoms with Crippen molar-refractivity contribution in [3.63, 3.8) is 0 Å². The first-order valence-corrected chi connectivity index (χ1v) is 6.25. The Labute approximate surface area is 116 Å². The van der Waals surface area contributed by atoms with Crippen LogP contribution in [0.3, 0.4) is 0 Å². The Bertz CT molecular complexity index is 629. The van der Waals surface area contributed by atoms with Crippen molar-refractivity contribution in [1.29, 1.82) is 0 Å². The highest BCUT2D eigenvalue weighted by molar-refractivity contribution is 5.42. The molecule has 0 aliphatic carbocycles. The molecule has 0 atom stereocenters. The van der Waals surface area contributed by atoms with Gasteiger partial charge in [0, 0.05) is 24.7 Å². The standard InChI is InChI=1S/C15H15FN2O2/c1-11-5-6-13(8-15(11)18(19)20)10-17-9-12-3-2-4-14(16)7-12/h2-8,17H,9-10H2,1H3. The van der Waals surface area contributed by atoms with Gasteiger partial charge in [0.25, 0.3) is 5.69 Å². The SMILES string of the molecule is Cc1ccc(CNCc2cccc(F)c2)cc1[N+](=O)[O-]. The molecule has 1 N–H and O–H groups in total. The first kappa shape index (κ1) is 14.1. The number of benzene rings is 2. The van der Waals surface area contributed by atoms with Crippen LogP contribution in [0.2, 0.25) is 0 Å². The zero-order valence-corrected chi connectivity index (χ0v) is 11.1. The van der Waals surface area contributed by atoms with E-state index in [1.807, 2.05) is 12.1 Å². The van der Waals surface area contributed by atoms with Crippen LogP contribution in [0.15, 0.2) is 42.5 Å². The molecule has 0 heterocycles. The molecule has 0 spiro atoms. The third-order valence-corrected chi connectivity index (χ3v) is 3.02. The Hall–Kier alpha value is -2.27. The van der Waals surface area contributed by atoms with Crippen LogP contribution in [0.4, 0.5) is 10.1 Å². The zero-order chi connectivity index (χ0) is 14.5. The van der Waals surface area contributed by atoms with Gasteiger partial charge < -0.3 is 5.32 Å². The second kappa shape index (κ2) is 6.25. The van der Waals surface area contributed by atoms with E-state index < -0.39 is 0 Å². The van der Waals surface area contributed by atoms with E-state index in [9.17, 15) is 14.5 Å². The fourth-order valence-corrected chi connectivity index (χ4v) is 1.96. The number of rotatable bonds is 5. The van der Waals surface area contributed by atoms with Gasteiger partial charge >= 0.3 is 0 Å². The molecule has 0 unspecified atom stereocenters. The number of hydrogen-bond donors (Lipinski definition) is 1. The number of nitrogens with one attached hydrogen (secondary N) is 1. The highest BCUT2D eigenvalue weighted by atomic mass is 19.1. The predicted octanol–water partition coefficient (Wildman–Crippen LogP) is 3.33. The summed E-state index contributed by atoms with van der Waals surface area (Å²) in [4.78, 5) is 10.5. The number of hydrogen-bond acceptors (Lipinski definition) is 3.